The van der Waals surface area contributed by atoms with Gasteiger partial charge >= 0.3 is 0 Å². The van der Waals surface area contributed by atoms with Crippen molar-refractivity contribution in [1.82, 2.24) is 4.90 Å². The highest BCUT2D eigenvalue weighted by Gasteiger charge is 2.42. The number of hydrogen-bond donors (Lipinski definition) is 0. The van der Waals surface area contributed by atoms with Crippen molar-refractivity contribution < 1.29 is 13.9 Å². The minimum atomic E-state index is -0.528. The van der Waals surface area contributed by atoms with E-state index in [1.54, 1.807) is 30.2 Å². The van der Waals surface area contributed by atoms with Gasteiger partial charge in [-0.1, -0.05) is 59.3 Å². The molecule has 1 aromatic heterocycles. The van der Waals surface area contributed by atoms with Crippen molar-refractivity contribution in [3.05, 3.63) is 109 Å². The molecular weight excluding hydrogens is 482 g/mol. The molecule has 6 heteroatoms. The molecule has 1 unspecified atom stereocenters. The minimum absolute atomic E-state index is 0.118. The maximum absolute atomic E-state index is 13.6. The van der Waals surface area contributed by atoms with Crippen LogP contribution >= 0.6 is 15.9 Å². The third kappa shape index (κ3) is 3.74. The van der Waals surface area contributed by atoms with Gasteiger partial charge in [0, 0.05) is 11.0 Å². The van der Waals surface area contributed by atoms with Gasteiger partial charge in [-0.15, -0.1) is 0 Å². The number of methoxy groups -OCH3 is 1. The van der Waals surface area contributed by atoms with Crippen LogP contribution in [0.1, 0.15) is 45.8 Å². The lowest BCUT2D eigenvalue weighted by molar-refractivity contribution is 0.0714. The molecule has 0 N–H and O–H groups in total. The molecule has 1 aliphatic heterocycles. The van der Waals surface area contributed by atoms with Gasteiger partial charge in [0.15, 0.2) is 5.43 Å². The third-order valence-corrected chi connectivity index (χ3v) is 6.64. The Kier molecular flexibility index (Phi) is 5.54. The van der Waals surface area contributed by atoms with Gasteiger partial charge in [-0.3, -0.25) is 9.59 Å². The van der Waals surface area contributed by atoms with Gasteiger partial charge in [-0.05, 0) is 53.4 Å². The first-order valence-electron chi connectivity index (χ1n) is 10.8. The van der Waals surface area contributed by atoms with E-state index >= 15 is 0 Å². The molecule has 0 saturated carbocycles. The number of rotatable bonds is 5. The predicted octanol–water partition coefficient (Wildman–Crippen LogP) is 5.87. The molecule has 3 aromatic carbocycles. The van der Waals surface area contributed by atoms with Crippen LogP contribution in [0.4, 0.5) is 0 Å². The Morgan fingerprint density at radius 2 is 1.67 bits per heavy atom. The summed E-state index contributed by atoms with van der Waals surface area (Å²) in [6.45, 7) is 2.44. The normalized spacial score (nSPS) is 15.2. The molecule has 1 atom stereocenters. The van der Waals surface area contributed by atoms with E-state index < -0.39 is 6.04 Å². The van der Waals surface area contributed by atoms with Crippen LogP contribution in [0.5, 0.6) is 5.75 Å². The molecule has 1 aliphatic rings. The second-order valence-electron chi connectivity index (χ2n) is 8.09. The number of ether oxygens (including phenoxy) is 1. The van der Waals surface area contributed by atoms with Crippen LogP contribution in [0.25, 0.3) is 11.0 Å². The van der Waals surface area contributed by atoms with E-state index in [-0.39, 0.29) is 17.1 Å². The summed E-state index contributed by atoms with van der Waals surface area (Å²) in [5, 5.41) is 0.456. The van der Waals surface area contributed by atoms with E-state index in [9.17, 15) is 9.59 Å². The average molecular weight is 504 g/mol. The number of carbonyl (C=O) groups excluding carboxylic acids is 1. The van der Waals surface area contributed by atoms with Gasteiger partial charge < -0.3 is 14.1 Å². The van der Waals surface area contributed by atoms with Crippen molar-refractivity contribution in [1.29, 1.82) is 0 Å². The SMILES string of the molecule is CCc1ccc(C2c3c(oc4ccc(Br)cc4c3=O)C(=O)N2Cc2ccc(OC)cc2)cc1. The average Bonchev–Trinajstić information content (AvgIpc) is 3.12. The van der Waals surface area contributed by atoms with E-state index in [4.69, 9.17) is 9.15 Å². The van der Waals surface area contributed by atoms with E-state index in [0.717, 1.165) is 27.8 Å². The summed E-state index contributed by atoms with van der Waals surface area (Å²) in [6.07, 6.45) is 0.914. The van der Waals surface area contributed by atoms with E-state index in [0.29, 0.717) is 23.1 Å². The third-order valence-electron chi connectivity index (χ3n) is 6.14. The summed E-state index contributed by atoms with van der Waals surface area (Å²) in [6, 6.07) is 20.4. The maximum atomic E-state index is 13.6. The molecule has 2 heterocycles. The summed E-state index contributed by atoms with van der Waals surface area (Å²) < 4.78 is 12.1. The fourth-order valence-electron chi connectivity index (χ4n) is 4.37. The Morgan fingerprint density at radius 3 is 2.33 bits per heavy atom. The molecule has 0 spiro atoms. The molecular formula is C27H22BrNO4. The van der Waals surface area contributed by atoms with Gasteiger partial charge in [0.05, 0.1) is 24.1 Å². The van der Waals surface area contributed by atoms with Crippen molar-refractivity contribution >= 4 is 32.8 Å². The Labute approximate surface area is 199 Å². The van der Waals surface area contributed by atoms with Crippen molar-refractivity contribution in [3.63, 3.8) is 0 Å². The number of nitrogens with zero attached hydrogens (tertiary/aromatic N) is 1. The summed E-state index contributed by atoms with van der Waals surface area (Å²) in [7, 11) is 1.62. The first-order chi connectivity index (χ1) is 16.0. The van der Waals surface area contributed by atoms with Crippen molar-refractivity contribution in [3.8, 4) is 5.75 Å². The second-order valence-corrected chi connectivity index (χ2v) is 9.01. The molecule has 5 nitrogen and oxygen atoms in total. The Morgan fingerprint density at radius 1 is 0.970 bits per heavy atom. The highest BCUT2D eigenvalue weighted by atomic mass is 79.9. The Balaban J connectivity index is 1.67. The van der Waals surface area contributed by atoms with E-state index in [1.807, 2.05) is 48.5 Å². The van der Waals surface area contributed by atoms with Gasteiger partial charge in [0.1, 0.15) is 11.3 Å². The summed E-state index contributed by atoms with van der Waals surface area (Å²) in [5.74, 6) is 0.579. The smallest absolute Gasteiger partial charge is 0.291 e. The molecule has 5 rings (SSSR count). The largest absolute Gasteiger partial charge is 0.497 e. The number of hydrogen-bond acceptors (Lipinski definition) is 4. The fourth-order valence-corrected chi connectivity index (χ4v) is 4.73. The van der Waals surface area contributed by atoms with Crippen LogP contribution in [0, 0.1) is 0 Å². The number of halogens is 1. The maximum Gasteiger partial charge on any atom is 0.291 e. The zero-order chi connectivity index (χ0) is 23.1. The van der Waals surface area contributed by atoms with Crippen LogP contribution < -0.4 is 10.2 Å². The lowest BCUT2D eigenvalue weighted by Gasteiger charge is -2.25. The number of benzene rings is 3. The lowest BCUT2D eigenvalue weighted by atomic mass is 9.97. The Hall–Kier alpha value is -3.38. The van der Waals surface area contributed by atoms with Crippen LogP contribution in [-0.2, 0) is 13.0 Å². The van der Waals surface area contributed by atoms with Gasteiger partial charge in [-0.2, -0.15) is 0 Å². The van der Waals surface area contributed by atoms with Crippen LogP contribution in [0.3, 0.4) is 0 Å². The van der Waals surface area contributed by atoms with Gasteiger partial charge in [-0.25, -0.2) is 0 Å². The van der Waals surface area contributed by atoms with Crippen LogP contribution in [-0.4, -0.2) is 17.9 Å². The number of amides is 1. The summed E-state index contributed by atoms with van der Waals surface area (Å²) >= 11 is 3.43. The molecule has 0 radical (unpaired) electrons. The molecule has 0 fully saturated rings. The predicted molar refractivity (Wildman–Crippen MR) is 131 cm³/mol. The molecule has 0 aliphatic carbocycles. The van der Waals surface area contributed by atoms with E-state index in [1.165, 1.54) is 5.56 Å². The molecule has 0 saturated heterocycles. The second kappa shape index (κ2) is 8.52. The highest BCUT2D eigenvalue weighted by molar-refractivity contribution is 9.10. The first kappa shape index (κ1) is 21.5. The number of carbonyl (C=O) groups is 1. The zero-order valence-corrected chi connectivity index (χ0v) is 19.9. The minimum Gasteiger partial charge on any atom is -0.497 e. The van der Waals surface area contributed by atoms with Crippen molar-refractivity contribution in [2.24, 2.45) is 0 Å². The molecule has 1 amide bonds. The van der Waals surface area contributed by atoms with Crippen LogP contribution in [0.15, 0.2) is 80.4 Å². The zero-order valence-electron chi connectivity index (χ0n) is 18.3. The molecule has 0 bridgehead atoms. The summed E-state index contributed by atoms with van der Waals surface area (Å²) in [4.78, 5) is 28.9. The van der Waals surface area contributed by atoms with Crippen molar-refractivity contribution in [2.45, 2.75) is 25.9 Å². The lowest BCUT2D eigenvalue weighted by Crippen LogP contribution is -2.29. The highest BCUT2D eigenvalue weighted by Crippen LogP contribution is 2.39. The van der Waals surface area contributed by atoms with E-state index in [2.05, 4.69) is 22.9 Å². The standard InChI is InChI=1S/C27H22BrNO4/c1-3-16-4-8-18(9-5-16)24-23-25(30)21-14-19(28)10-13-22(21)33-26(23)27(31)29(24)15-17-6-11-20(32-2)12-7-17/h4-14,24H,3,15H2,1-2H3. The summed E-state index contributed by atoms with van der Waals surface area (Å²) in [5.41, 5.74) is 3.63. The first-order valence-corrected chi connectivity index (χ1v) is 11.6. The molecule has 4 aromatic rings. The van der Waals surface area contributed by atoms with Gasteiger partial charge in [0.25, 0.3) is 5.91 Å². The topological polar surface area (TPSA) is 59.8 Å². The number of aryl methyl sites for hydroxylation is 1. The van der Waals surface area contributed by atoms with Crippen LogP contribution in [0.2, 0.25) is 0 Å². The van der Waals surface area contributed by atoms with Crippen molar-refractivity contribution in [2.75, 3.05) is 7.11 Å². The fraction of sp³-hybridized carbons (Fsp3) is 0.185. The monoisotopic (exact) mass is 503 g/mol. The Bertz CT molecular complexity index is 1410. The molecule has 33 heavy (non-hydrogen) atoms. The molecule has 166 valence electrons. The number of fused-ring (bicyclic) bond motifs is 2. The quantitative estimate of drug-likeness (QED) is 0.341. The van der Waals surface area contributed by atoms with Gasteiger partial charge in [0.2, 0.25) is 5.76 Å².